The highest BCUT2D eigenvalue weighted by molar-refractivity contribution is 7.13. The van der Waals surface area contributed by atoms with E-state index in [-0.39, 0.29) is 12.5 Å². The molecule has 1 saturated heterocycles. The van der Waals surface area contributed by atoms with Crippen molar-refractivity contribution < 1.29 is 9.53 Å². The van der Waals surface area contributed by atoms with E-state index in [0.29, 0.717) is 0 Å². The Morgan fingerprint density at radius 2 is 2.04 bits per heavy atom. The van der Waals surface area contributed by atoms with Crippen LogP contribution >= 0.6 is 11.3 Å². The van der Waals surface area contributed by atoms with E-state index in [4.69, 9.17) is 4.74 Å². The van der Waals surface area contributed by atoms with Crippen LogP contribution in [0.25, 0.3) is 0 Å². The lowest BCUT2D eigenvalue weighted by Gasteiger charge is -2.22. The smallest absolute Gasteiger partial charge is 0.260 e. The van der Waals surface area contributed by atoms with Crippen LogP contribution in [0.4, 0.5) is 5.13 Å². The number of nitrogens with zero attached hydrogens (tertiary/aromatic N) is 3. The second-order valence-corrected chi connectivity index (χ2v) is 7.90. The Morgan fingerprint density at radius 3 is 2.88 bits per heavy atom. The number of aromatic nitrogens is 1. The second-order valence-electron chi connectivity index (χ2n) is 7.07. The van der Waals surface area contributed by atoms with Gasteiger partial charge in [-0.2, -0.15) is 0 Å². The fourth-order valence-electron chi connectivity index (χ4n) is 3.72. The third-order valence-corrected chi connectivity index (χ3v) is 6.18. The summed E-state index contributed by atoms with van der Waals surface area (Å²) in [5.41, 5.74) is 3.86. The van der Waals surface area contributed by atoms with Gasteiger partial charge >= 0.3 is 0 Å². The summed E-state index contributed by atoms with van der Waals surface area (Å²) in [5, 5.41) is 3.14. The third-order valence-electron chi connectivity index (χ3n) is 5.16. The summed E-state index contributed by atoms with van der Waals surface area (Å²) in [4.78, 5) is 21.3. The molecule has 0 unspecified atom stereocenters. The van der Waals surface area contributed by atoms with Gasteiger partial charge in [0.25, 0.3) is 5.91 Å². The van der Waals surface area contributed by atoms with Gasteiger partial charge in [0.1, 0.15) is 5.75 Å². The summed E-state index contributed by atoms with van der Waals surface area (Å²) < 4.78 is 5.79. The molecule has 4 rings (SSSR count). The summed E-state index contributed by atoms with van der Waals surface area (Å²) in [6.07, 6.45) is 4.47. The van der Waals surface area contributed by atoms with Gasteiger partial charge in [-0.3, -0.25) is 4.79 Å². The van der Waals surface area contributed by atoms with Crippen molar-refractivity contribution in [2.75, 3.05) is 37.7 Å². The van der Waals surface area contributed by atoms with Crippen molar-refractivity contribution in [3.63, 3.8) is 0 Å². The minimum atomic E-state index is 0.0719. The van der Waals surface area contributed by atoms with Crippen LogP contribution in [-0.2, 0) is 17.6 Å². The highest BCUT2D eigenvalue weighted by atomic mass is 32.1. The first-order valence-electron chi connectivity index (χ1n) is 9.38. The quantitative estimate of drug-likeness (QED) is 0.829. The molecule has 1 aliphatic carbocycles. The average molecular weight is 372 g/mol. The van der Waals surface area contributed by atoms with E-state index in [1.165, 1.54) is 17.5 Å². The molecule has 0 saturated carbocycles. The molecule has 26 heavy (non-hydrogen) atoms. The van der Waals surface area contributed by atoms with Gasteiger partial charge in [0.15, 0.2) is 11.7 Å². The van der Waals surface area contributed by atoms with Gasteiger partial charge in [-0.1, -0.05) is 6.07 Å². The summed E-state index contributed by atoms with van der Waals surface area (Å²) >= 11 is 1.68. The zero-order valence-electron chi connectivity index (χ0n) is 15.2. The number of hydrogen-bond donors (Lipinski definition) is 0. The molecule has 2 aromatic rings. The maximum Gasteiger partial charge on any atom is 0.260 e. The molecule has 0 bridgehead atoms. The van der Waals surface area contributed by atoms with Crippen molar-refractivity contribution in [1.29, 1.82) is 0 Å². The van der Waals surface area contributed by atoms with Crippen LogP contribution in [0.1, 0.15) is 29.7 Å². The van der Waals surface area contributed by atoms with E-state index in [2.05, 4.69) is 27.4 Å². The summed E-state index contributed by atoms with van der Waals surface area (Å²) in [7, 11) is 0. The number of carbonyl (C=O) groups excluding carboxylic acids is 1. The standard InChI is InChI=1S/C20H25N3O2S/c1-15-14-26-20(21-15)23-9-3-8-22(10-11-23)19(24)13-25-18-7-6-16-4-2-5-17(16)12-18/h6-7,12,14H,2-5,8-11,13H2,1H3. The molecule has 138 valence electrons. The van der Waals surface area contributed by atoms with E-state index in [1.807, 2.05) is 17.9 Å². The predicted octanol–water partition coefficient (Wildman–Crippen LogP) is 3.06. The lowest BCUT2D eigenvalue weighted by atomic mass is 10.1. The average Bonchev–Trinajstić information content (AvgIpc) is 3.21. The fraction of sp³-hybridized carbons (Fsp3) is 0.500. The molecular weight excluding hydrogens is 346 g/mol. The fourth-order valence-corrected chi connectivity index (χ4v) is 4.58. The van der Waals surface area contributed by atoms with E-state index >= 15 is 0 Å². The van der Waals surface area contributed by atoms with Crippen LogP contribution in [0.15, 0.2) is 23.6 Å². The molecule has 1 aromatic heterocycles. The zero-order valence-corrected chi connectivity index (χ0v) is 16.1. The Kier molecular flexibility index (Phi) is 5.11. The molecule has 1 amide bonds. The first-order valence-corrected chi connectivity index (χ1v) is 10.3. The number of aryl methyl sites for hydroxylation is 3. The molecule has 0 spiro atoms. The van der Waals surface area contributed by atoms with Crippen LogP contribution in [0, 0.1) is 6.92 Å². The molecule has 5 nitrogen and oxygen atoms in total. The van der Waals surface area contributed by atoms with Crippen LogP contribution in [-0.4, -0.2) is 48.6 Å². The second kappa shape index (κ2) is 7.66. The molecule has 6 heteroatoms. The minimum absolute atomic E-state index is 0.0719. The van der Waals surface area contributed by atoms with Gasteiger partial charge in [-0.15, -0.1) is 11.3 Å². The molecule has 2 aliphatic rings. The zero-order chi connectivity index (χ0) is 17.9. The lowest BCUT2D eigenvalue weighted by molar-refractivity contribution is -0.133. The summed E-state index contributed by atoms with van der Waals surface area (Å²) in [6.45, 7) is 5.43. The number of rotatable bonds is 4. The number of hydrogen-bond acceptors (Lipinski definition) is 5. The molecule has 1 aliphatic heterocycles. The highest BCUT2D eigenvalue weighted by Gasteiger charge is 2.21. The number of carbonyl (C=O) groups is 1. The Morgan fingerprint density at radius 1 is 1.15 bits per heavy atom. The minimum Gasteiger partial charge on any atom is -0.484 e. The van der Waals surface area contributed by atoms with Gasteiger partial charge in [-0.05, 0) is 55.9 Å². The summed E-state index contributed by atoms with van der Waals surface area (Å²) in [5.74, 6) is 0.886. The molecular formula is C20H25N3O2S. The van der Waals surface area contributed by atoms with Crippen LogP contribution in [0.3, 0.4) is 0 Å². The van der Waals surface area contributed by atoms with Crippen molar-refractivity contribution in [3.8, 4) is 5.75 Å². The van der Waals surface area contributed by atoms with E-state index < -0.39 is 0 Å². The van der Waals surface area contributed by atoms with Crippen molar-refractivity contribution >= 4 is 22.4 Å². The SMILES string of the molecule is Cc1csc(N2CCCN(C(=O)COc3ccc4c(c3)CCC4)CC2)n1. The number of amides is 1. The van der Waals surface area contributed by atoms with E-state index in [0.717, 1.165) is 62.0 Å². The maximum absolute atomic E-state index is 12.6. The van der Waals surface area contributed by atoms with Crippen molar-refractivity contribution in [3.05, 3.63) is 40.4 Å². The molecule has 0 radical (unpaired) electrons. The summed E-state index contributed by atoms with van der Waals surface area (Å²) in [6, 6.07) is 6.24. The molecule has 0 N–H and O–H groups in total. The Bertz CT molecular complexity index is 789. The lowest BCUT2D eigenvalue weighted by Crippen LogP contribution is -2.38. The van der Waals surface area contributed by atoms with Crippen LogP contribution in [0.5, 0.6) is 5.75 Å². The maximum atomic E-state index is 12.6. The molecule has 0 atom stereocenters. The monoisotopic (exact) mass is 371 g/mol. The topological polar surface area (TPSA) is 45.7 Å². The predicted molar refractivity (Wildman–Crippen MR) is 104 cm³/mol. The van der Waals surface area contributed by atoms with Gasteiger partial charge in [0.05, 0.1) is 5.69 Å². The molecule has 1 aromatic carbocycles. The Labute approximate surface area is 158 Å². The first-order chi connectivity index (χ1) is 12.7. The van der Waals surface area contributed by atoms with Gasteiger partial charge in [0, 0.05) is 31.6 Å². The third kappa shape index (κ3) is 3.85. The first kappa shape index (κ1) is 17.3. The highest BCUT2D eigenvalue weighted by Crippen LogP contribution is 2.26. The van der Waals surface area contributed by atoms with Gasteiger partial charge in [0.2, 0.25) is 0 Å². The number of fused-ring (bicyclic) bond motifs is 1. The largest absolute Gasteiger partial charge is 0.484 e. The molecule has 1 fully saturated rings. The number of thiazole rings is 1. The van der Waals surface area contributed by atoms with Crippen molar-refractivity contribution in [2.24, 2.45) is 0 Å². The van der Waals surface area contributed by atoms with E-state index in [1.54, 1.807) is 11.3 Å². The van der Waals surface area contributed by atoms with Gasteiger partial charge < -0.3 is 14.5 Å². The van der Waals surface area contributed by atoms with Crippen molar-refractivity contribution in [2.45, 2.75) is 32.6 Å². The number of ether oxygens (including phenoxy) is 1. The Hall–Kier alpha value is -2.08. The Balaban J connectivity index is 1.31. The normalized spacial score (nSPS) is 17.1. The van der Waals surface area contributed by atoms with E-state index in [9.17, 15) is 4.79 Å². The number of benzene rings is 1. The van der Waals surface area contributed by atoms with Crippen molar-refractivity contribution in [1.82, 2.24) is 9.88 Å². The number of anilines is 1. The van der Waals surface area contributed by atoms with Crippen LogP contribution in [0.2, 0.25) is 0 Å². The van der Waals surface area contributed by atoms with Gasteiger partial charge in [-0.25, -0.2) is 4.98 Å². The van der Waals surface area contributed by atoms with Crippen LogP contribution < -0.4 is 9.64 Å². The molecule has 2 heterocycles.